The Hall–Kier alpha value is -2.61. The van der Waals surface area contributed by atoms with Crippen molar-refractivity contribution in [1.82, 2.24) is 15.1 Å². The van der Waals surface area contributed by atoms with E-state index in [1.807, 2.05) is 56.6 Å². The van der Waals surface area contributed by atoms with Gasteiger partial charge in [-0.2, -0.15) is 10.4 Å². The number of carbonyl (C=O) groups excluding carboxylic acids is 1. The Labute approximate surface area is 143 Å². The molecule has 0 saturated carbocycles. The quantitative estimate of drug-likeness (QED) is 0.887. The SMILES string of the molecule is Cc1cc(C)n(Cc2cccc(C(=O)NC(C#N)CC(C)C)c2)n1. The first-order chi connectivity index (χ1) is 11.4. The minimum absolute atomic E-state index is 0.211. The molecule has 0 aliphatic rings. The summed E-state index contributed by atoms with van der Waals surface area (Å²) in [5.41, 5.74) is 3.64. The highest BCUT2D eigenvalue weighted by molar-refractivity contribution is 5.94. The van der Waals surface area contributed by atoms with Crippen LogP contribution in [0.25, 0.3) is 0 Å². The smallest absolute Gasteiger partial charge is 0.252 e. The second-order valence-electron chi connectivity index (χ2n) is 6.57. The van der Waals surface area contributed by atoms with Gasteiger partial charge in [0.25, 0.3) is 5.91 Å². The van der Waals surface area contributed by atoms with E-state index in [0.717, 1.165) is 17.0 Å². The molecule has 1 heterocycles. The number of benzene rings is 1. The normalized spacial score (nSPS) is 12.0. The monoisotopic (exact) mass is 324 g/mol. The third-order valence-electron chi connectivity index (χ3n) is 3.79. The van der Waals surface area contributed by atoms with Crippen LogP contribution < -0.4 is 5.32 Å². The maximum absolute atomic E-state index is 12.4. The Bertz CT molecular complexity index is 755. The molecular formula is C19H24N4O. The summed E-state index contributed by atoms with van der Waals surface area (Å²) in [7, 11) is 0. The highest BCUT2D eigenvalue weighted by Crippen LogP contribution is 2.11. The summed E-state index contributed by atoms with van der Waals surface area (Å²) in [6, 6.07) is 11.2. The molecule has 2 rings (SSSR count). The van der Waals surface area contributed by atoms with Crippen LogP contribution >= 0.6 is 0 Å². The number of nitriles is 1. The number of hydrogen-bond donors (Lipinski definition) is 1. The third kappa shape index (κ3) is 4.69. The summed E-state index contributed by atoms with van der Waals surface area (Å²) in [6.45, 7) is 8.66. The maximum atomic E-state index is 12.4. The lowest BCUT2D eigenvalue weighted by Crippen LogP contribution is -2.34. The Morgan fingerprint density at radius 2 is 2.08 bits per heavy atom. The van der Waals surface area contributed by atoms with Crippen molar-refractivity contribution < 1.29 is 4.79 Å². The van der Waals surface area contributed by atoms with Gasteiger partial charge in [-0.1, -0.05) is 26.0 Å². The van der Waals surface area contributed by atoms with Crippen molar-refractivity contribution in [3.05, 3.63) is 52.8 Å². The molecule has 5 nitrogen and oxygen atoms in total. The van der Waals surface area contributed by atoms with Gasteiger partial charge in [0.1, 0.15) is 6.04 Å². The van der Waals surface area contributed by atoms with Gasteiger partial charge < -0.3 is 5.32 Å². The van der Waals surface area contributed by atoms with Gasteiger partial charge in [-0.15, -0.1) is 0 Å². The maximum Gasteiger partial charge on any atom is 0.252 e. The van der Waals surface area contributed by atoms with Crippen LogP contribution in [0.5, 0.6) is 0 Å². The number of nitrogens with zero attached hydrogens (tertiary/aromatic N) is 3. The van der Waals surface area contributed by atoms with Crippen LogP contribution in [0.3, 0.4) is 0 Å². The minimum Gasteiger partial charge on any atom is -0.336 e. The molecule has 0 aliphatic carbocycles. The first kappa shape index (κ1) is 17.7. The molecule has 1 aromatic carbocycles. The van der Waals surface area contributed by atoms with Gasteiger partial charge in [0.05, 0.1) is 18.3 Å². The number of nitrogens with one attached hydrogen (secondary N) is 1. The highest BCUT2D eigenvalue weighted by atomic mass is 16.1. The number of hydrogen-bond acceptors (Lipinski definition) is 3. The Morgan fingerprint density at radius 3 is 2.67 bits per heavy atom. The molecule has 0 spiro atoms. The van der Waals surface area contributed by atoms with E-state index < -0.39 is 6.04 Å². The van der Waals surface area contributed by atoms with E-state index in [0.29, 0.717) is 24.4 Å². The molecule has 0 aliphatic heterocycles. The van der Waals surface area contributed by atoms with E-state index in [1.165, 1.54) is 0 Å². The molecule has 5 heteroatoms. The van der Waals surface area contributed by atoms with Crippen molar-refractivity contribution in [3.8, 4) is 6.07 Å². The molecule has 1 atom stereocenters. The molecule has 0 fully saturated rings. The van der Waals surface area contributed by atoms with Gasteiger partial charge in [-0.3, -0.25) is 9.48 Å². The fourth-order valence-corrected chi connectivity index (χ4v) is 2.68. The molecule has 1 amide bonds. The molecule has 0 radical (unpaired) electrons. The van der Waals surface area contributed by atoms with E-state index in [4.69, 9.17) is 0 Å². The second kappa shape index (κ2) is 7.78. The van der Waals surface area contributed by atoms with Crippen molar-refractivity contribution in [3.63, 3.8) is 0 Å². The zero-order chi connectivity index (χ0) is 17.7. The lowest BCUT2D eigenvalue weighted by atomic mass is 10.0. The summed E-state index contributed by atoms with van der Waals surface area (Å²) >= 11 is 0. The predicted molar refractivity (Wildman–Crippen MR) is 93.6 cm³/mol. The average molecular weight is 324 g/mol. The summed E-state index contributed by atoms with van der Waals surface area (Å²) in [5, 5.41) is 16.4. The van der Waals surface area contributed by atoms with Crippen LogP contribution in [-0.4, -0.2) is 21.7 Å². The summed E-state index contributed by atoms with van der Waals surface area (Å²) in [5.74, 6) is 0.143. The molecule has 1 unspecified atom stereocenters. The summed E-state index contributed by atoms with van der Waals surface area (Å²) in [6.07, 6.45) is 0.647. The van der Waals surface area contributed by atoms with E-state index in [1.54, 1.807) is 6.07 Å². The molecule has 1 aromatic heterocycles. The van der Waals surface area contributed by atoms with Crippen LogP contribution in [0.1, 0.15) is 47.6 Å². The largest absolute Gasteiger partial charge is 0.336 e. The molecule has 2 aromatic rings. The van der Waals surface area contributed by atoms with Crippen LogP contribution in [0.4, 0.5) is 0 Å². The van der Waals surface area contributed by atoms with E-state index in [2.05, 4.69) is 16.5 Å². The number of aromatic nitrogens is 2. The van der Waals surface area contributed by atoms with Gasteiger partial charge in [0, 0.05) is 11.3 Å². The summed E-state index contributed by atoms with van der Waals surface area (Å²) in [4.78, 5) is 12.4. The Kier molecular flexibility index (Phi) is 5.75. The molecule has 24 heavy (non-hydrogen) atoms. The topological polar surface area (TPSA) is 70.7 Å². The number of amides is 1. The van der Waals surface area contributed by atoms with Crippen molar-refractivity contribution in [2.24, 2.45) is 5.92 Å². The van der Waals surface area contributed by atoms with E-state index >= 15 is 0 Å². The Balaban J connectivity index is 2.10. The fraction of sp³-hybridized carbons (Fsp3) is 0.421. The average Bonchev–Trinajstić information content (AvgIpc) is 2.84. The third-order valence-corrected chi connectivity index (χ3v) is 3.79. The lowest BCUT2D eigenvalue weighted by molar-refractivity contribution is 0.0942. The molecule has 0 bridgehead atoms. The number of rotatable bonds is 6. The summed E-state index contributed by atoms with van der Waals surface area (Å²) < 4.78 is 1.92. The predicted octanol–water partition coefficient (Wildman–Crippen LogP) is 3.22. The van der Waals surface area contributed by atoms with Crippen molar-refractivity contribution >= 4 is 5.91 Å². The lowest BCUT2D eigenvalue weighted by Gasteiger charge is -2.14. The van der Waals surface area contributed by atoms with Crippen LogP contribution in [0.15, 0.2) is 30.3 Å². The second-order valence-corrected chi connectivity index (χ2v) is 6.57. The first-order valence-electron chi connectivity index (χ1n) is 8.19. The minimum atomic E-state index is -0.461. The first-order valence-corrected chi connectivity index (χ1v) is 8.19. The van der Waals surface area contributed by atoms with Crippen molar-refractivity contribution in [2.75, 3.05) is 0 Å². The number of aryl methyl sites for hydroxylation is 2. The van der Waals surface area contributed by atoms with Gasteiger partial charge >= 0.3 is 0 Å². The van der Waals surface area contributed by atoms with Crippen LogP contribution in [-0.2, 0) is 6.54 Å². The molecule has 0 saturated heterocycles. The van der Waals surface area contributed by atoms with Crippen LogP contribution in [0.2, 0.25) is 0 Å². The van der Waals surface area contributed by atoms with Crippen molar-refractivity contribution in [2.45, 2.75) is 46.7 Å². The molecule has 1 N–H and O–H groups in total. The van der Waals surface area contributed by atoms with E-state index in [-0.39, 0.29) is 5.91 Å². The molecule has 126 valence electrons. The van der Waals surface area contributed by atoms with Gasteiger partial charge in [0.15, 0.2) is 0 Å². The zero-order valence-corrected chi connectivity index (χ0v) is 14.7. The zero-order valence-electron chi connectivity index (χ0n) is 14.7. The standard InChI is InChI=1S/C19H24N4O/c1-13(2)8-18(11-20)21-19(24)17-7-5-6-16(10-17)12-23-15(4)9-14(3)22-23/h5-7,9-10,13,18H,8,12H2,1-4H3,(H,21,24). The van der Waals surface area contributed by atoms with E-state index in [9.17, 15) is 10.1 Å². The highest BCUT2D eigenvalue weighted by Gasteiger charge is 2.15. The van der Waals surface area contributed by atoms with Crippen molar-refractivity contribution in [1.29, 1.82) is 5.26 Å². The van der Waals surface area contributed by atoms with Gasteiger partial charge in [-0.05, 0) is 49.9 Å². The van der Waals surface area contributed by atoms with Gasteiger partial charge in [0.2, 0.25) is 0 Å². The fourth-order valence-electron chi connectivity index (χ4n) is 2.68. The van der Waals surface area contributed by atoms with Gasteiger partial charge in [-0.25, -0.2) is 0 Å². The molecular weight excluding hydrogens is 300 g/mol. The number of carbonyl (C=O) groups is 1. The Morgan fingerprint density at radius 1 is 1.33 bits per heavy atom. The van der Waals surface area contributed by atoms with Crippen LogP contribution in [0, 0.1) is 31.1 Å².